The molecule has 39 heavy (non-hydrogen) atoms. The number of benzene rings is 1. The Hall–Kier alpha value is -4.11. The van der Waals surface area contributed by atoms with E-state index in [2.05, 4.69) is 26.0 Å². The van der Waals surface area contributed by atoms with Crippen molar-refractivity contribution >= 4 is 39.1 Å². The van der Waals surface area contributed by atoms with Gasteiger partial charge < -0.3 is 20.7 Å². The number of amides is 3. The maximum absolute atomic E-state index is 14.4. The summed E-state index contributed by atoms with van der Waals surface area (Å²) in [6.45, 7) is 1.03. The Bertz CT molecular complexity index is 1570. The molecule has 3 aromatic rings. The molecule has 0 atom stereocenters. The summed E-state index contributed by atoms with van der Waals surface area (Å²) in [6, 6.07) is 6.30. The predicted octanol–water partition coefficient (Wildman–Crippen LogP) is 0.531. The summed E-state index contributed by atoms with van der Waals surface area (Å²) in [4.78, 5) is 41.6. The molecule has 3 amide bonds. The summed E-state index contributed by atoms with van der Waals surface area (Å²) >= 11 is 0. The van der Waals surface area contributed by atoms with Gasteiger partial charge in [0.1, 0.15) is 17.1 Å². The van der Waals surface area contributed by atoms with Crippen LogP contribution in [0.2, 0.25) is 0 Å². The molecule has 1 saturated heterocycles. The maximum atomic E-state index is 14.4. The van der Waals surface area contributed by atoms with Gasteiger partial charge in [0.2, 0.25) is 10.0 Å². The van der Waals surface area contributed by atoms with E-state index in [4.69, 9.17) is 4.74 Å². The van der Waals surface area contributed by atoms with Gasteiger partial charge >= 0.3 is 0 Å². The number of hydrogen-bond donors (Lipinski definition) is 3. The van der Waals surface area contributed by atoms with E-state index in [9.17, 15) is 27.2 Å². The number of hydrogen-bond acceptors (Lipinski definition) is 8. The van der Waals surface area contributed by atoms with Gasteiger partial charge in [-0.3, -0.25) is 14.4 Å². The number of carbonyl (C=O) groups is 3. The highest BCUT2D eigenvalue weighted by Gasteiger charge is 2.26. The van der Waals surface area contributed by atoms with E-state index in [1.807, 2.05) is 0 Å². The molecule has 0 radical (unpaired) electrons. The van der Waals surface area contributed by atoms with Crippen molar-refractivity contribution in [1.82, 2.24) is 29.5 Å². The highest BCUT2D eigenvalue weighted by Crippen LogP contribution is 2.28. The highest BCUT2D eigenvalue weighted by atomic mass is 32.2. The van der Waals surface area contributed by atoms with Gasteiger partial charge in [-0.2, -0.15) is 5.10 Å². The van der Waals surface area contributed by atoms with E-state index in [0.29, 0.717) is 42.9 Å². The van der Waals surface area contributed by atoms with Crippen molar-refractivity contribution in [2.75, 3.05) is 37.8 Å². The largest absolute Gasteiger partial charge is 0.482 e. The standard InChI is InChI=1S/C24H26FN7O6S/c1-39(36,37)31-6-4-14(5-7-31)10-27-24(35)19-9-18(30-22-16(25)12-28-32(19)22)23(34)26-11-15-2-3-20-17(8-15)29-21(33)13-38-20/h2-3,8-9,12,14H,4-7,10-11,13H2,1H3,(H,26,34)(H,27,35)(H,29,33). The summed E-state index contributed by atoms with van der Waals surface area (Å²) < 4.78 is 45.6. The van der Waals surface area contributed by atoms with Crippen LogP contribution in [0.1, 0.15) is 39.4 Å². The minimum absolute atomic E-state index is 0.0632. The normalized spacial score (nSPS) is 16.3. The summed E-state index contributed by atoms with van der Waals surface area (Å²) in [6.07, 6.45) is 3.25. The lowest BCUT2D eigenvalue weighted by atomic mass is 9.98. The molecule has 15 heteroatoms. The van der Waals surface area contributed by atoms with E-state index >= 15 is 0 Å². The number of anilines is 1. The Morgan fingerprint density at radius 3 is 2.69 bits per heavy atom. The monoisotopic (exact) mass is 559 g/mol. The fraction of sp³-hybridized carbons (Fsp3) is 0.375. The van der Waals surface area contributed by atoms with Gasteiger partial charge in [-0.15, -0.1) is 0 Å². The quantitative estimate of drug-likeness (QED) is 0.377. The first-order valence-electron chi connectivity index (χ1n) is 12.2. The van der Waals surface area contributed by atoms with Crippen molar-refractivity contribution in [3.63, 3.8) is 0 Å². The van der Waals surface area contributed by atoms with Crippen LogP contribution < -0.4 is 20.7 Å². The van der Waals surface area contributed by atoms with Crippen LogP contribution in [-0.2, 0) is 21.4 Å². The van der Waals surface area contributed by atoms with E-state index in [1.54, 1.807) is 18.2 Å². The Balaban J connectivity index is 1.27. The second-order valence-electron chi connectivity index (χ2n) is 9.42. The molecule has 13 nitrogen and oxygen atoms in total. The number of halogens is 1. The van der Waals surface area contributed by atoms with Gasteiger partial charge in [0.05, 0.1) is 18.1 Å². The van der Waals surface area contributed by atoms with E-state index in [0.717, 1.165) is 10.7 Å². The summed E-state index contributed by atoms with van der Waals surface area (Å²) in [5.41, 5.74) is 0.631. The van der Waals surface area contributed by atoms with Crippen LogP contribution in [0.3, 0.4) is 0 Å². The van der Waals surface area contributed by atoms with Crippen molar-refractivity contribution in [2.24, 2.45) is 5.92 Å². The first-order chi connectivity index (χ1) is 18.6. The van der Waals surface area contributed by atoms with E-state index in [-0.39, 0.29) is 48.6 Å². The number of sulfonamides is 1. The average Bonchev–Trinajstić information content (AvgIpc) is 3.29. The topological polar surface area (TPSA) is 164 Å². The number of ether oxygens (including phenoxy) is 1. The lowest BCUT2D eigenvalue weighted by Crippen LogP contribution is -2.41. The molecule has 2 aliphatic heterocycles. The minimum atomic E-state index is -3.26. The Morgan fingerprint density at radius 1 is 1.18 bits per heavy atom. The average molecular weight is 560 g/mol. The van der Waals surface area contributed by atoms with Gasteiger partial charge in [0.25, 0.3) is 17.7 Å². The van der Waals surface area contributed by atoms with Crippen molar-refractivity contribution in [3.05, 3.63) is 53.2 Å². The number of aromatic nitrogens is 3. The molecule has 0 spiro atoms. The van der Waals surface area contributed by atoms with Crippen LogP contribution in [0.25, 0.3) is 5.65 Å². The third-order valence-electron chi connectivity index (χ3n) is 6.62. The predicted molar refractivity (Wildman–Crippen MR) is 136 cm³/mol. The minimum Gasteiger partial charge on any atom is -0.482 e. The summed E-state index contributed by atoms with van der Waals surface area (Å²) in [7, 11) is -3.26. The molecule has 0 unspecified atom stereocenters. The van der Waals surface area contributed by atoms with E-state index < -0.39 is 27.7 Å². The zero-order valence-corrected chi connectivity index (χ0v) is 21.8. The molecule has 2 aliphatic rings. The van der Waals surface area contributed by atoms with Crippen LogP contribution in [0, 0.1) is 11.7 Å². The first kappa shape index (κ1) is 26.5. The molecule has 1 fully saturated rings. The number of nitrogens with one attached hydrogen (secondary N) is 3. The number of rotatable bonds is 7. The molecule has 1 aromatic carbocycles. The molecule has 206 valence electrons. The fourth-order valence-corrected chi connectivity index (χ4v) is 5.37. The lowest BCUT2D eigenvalue weighted by Gasteiger charge is -2.30. The fourth-order valence-electron chi connectivity index (χ4n) is 4.50. The third kappa shape index (κ3) is 5.83. The SMILES string of the molecule is CS(=O)(=O)N1CCC(CNC(=O)c2cc(C(=O)NCc3ccc4c(c3)NC(=O)CO4)nc3c(F)cnn23)CC1. The second kappa shape index (κ2) is 10.6. The second-order valence-corrected chi connectivity index (χ2v) is 11.4. The van der Waals surface area contributed by atoms with Gasteiger partial charge in [0, 0.05) is 32.2 Å². The van der Waals surface area contributed by atoms with Crippen molar-refractivity contribution in [2.45, 2.75) is 19.4 Å². The first-order valence-corrected chi connectivity index (χ1v) is 14.0. The number of fused-ring (bicyclic) bond motifs is 2. The van der Waals surface area contributed by atoms with Crippen LogP contribution in [0.15, 0.2) is 30.5 Å². The van der Waals surface area contributed by atoms with Crippen molar-refractivity contribution < 1.29 is 31.9 Å². The molecular formula is C24H26FN7O6S. The van der Waals surface area contributed by atoms with Gasteiger partial charge in [-0.25, -0.2) is 26.6 Å². The highest BCUT2D eigenvalue weighted by molar-refractivity contribution is 7.88. The smallest absolute Gasteiger partial charge is 0.270 e. The van der Waals surface area contributed by atoms with Gasteiger partial charge in [-0.05, 0) is 36.5 Å². The summed E-state index contributed by atoms with van der Waals surface area (Å²) in [5, 5.41) is 12.0. The van der Waals surface area contributed by atoms with Crippen molar-refractivity contribution in [1.29, 1.82) is 0 Å². The van der Waals surface area contributed by atoms with Crippen molar-refractivity contribution in [3.8, 4) is 5.75 Å². The molecule has 0 bridgehead atoms. The van der Waals surface area contributed by atoms with E-state index in [1.165, 1.54) is 16.6 Å². The molecule has 5 rings (SSSR count). The third-order valence-corrected chi connectivity index (χ3v) is 7.92. The summed E-state index contributed by atoms with van der Waals surface area (Å²) in [5.74, 6) is -1.71. The number of nitrogens with zero attached hydrogens (tertiary/aromatic N) is 4. The zero-order chi connectivity index (χ0) is 27.7. The van der Waals surface area contributed by atoms with Gasteiger partial charge in [0.15, 0.2) is 18.1 Å². The Kier molecular flexibility index (Phi) is 7.18. The Morgan fingerprint density at radius 2 is 1.95 bits per heavy atom. The van der Waals surface area contributed by atoms with Crippen LogP contribution in [-0.4, -0.2) is 77.5 Å². The number of carbonyl (C=O) groups excluding carboxylic acids is 3. The van der Waals surface area contributed by atoms with Crippen LogP contribution in [0.4, 0.5) is 10.1 Å². The van der Waals surface area contributed by atoms with Crippen LogP contribution >= 0.6 is 0 Å². The van der Waals surface area contributed by atoms with Crippen LogP contribution in [0.5, 0.6) is 5.75 Å². The number of piperidine rings is 1. The zero-order valence-electron chi connectivity index (χ0n) is 20.9. The van der Waals surface area contributed by atoms with Gasteiger partial charge in [-0.1, -0.05) is 6.07 Å². The molecule has 4 heterocycles. The molecule has 0 saturated carbocycles. The molecule has 2 aromatic heterocycles. The lowest BCUT2D eigenvalue weighted by molar-refractivity contribution is -0.118. The molecule has 0 aliphatic carbocycles. The molecule has 3 N–H and O–H groups in total. The Labute approximate surface area is 222 Å². The maximum Gasteiger partial charge on any atom is 0.270 e. The molecular weight excluding hydrogens is 533 g/mol.